The maximum atomic E-state index is 12.7. The molecule has 0 saturated carbocycles. The molecule has 0 saturated heterocycles. The SMILES string of the molecule is CCc1ccc(OCCc2ccc(F)cc2)cc1. The molecule has 18 heavy (non-hydrogen) atoms. The standard InChI is InChI=1S/C16H17FO/c1-2-13-5-9-16(10-6-13)18-12-11-14-3-7-15(17)8-4-14/h3-10H,2,11-12H2,1H3. The Bertz CT molecular complexity index is 473. The lowest BCUT2D eigenvalue weighted by atomic mass is 10.1. The van der Waals surface area contributed by atoms with Crippen LogP contribution in [0.15, 0.2) is 48.5 Å². The van der Waals surface area contributed by atoms with Crippen molar-refractivity contribution in [2.45, 2.75) is 19.8 Å². The first kappa shape index (κ1) is 12.6. The van der Waals surface area contributed by atoms with Gasteiger partial charge in [0.2, 0.25) is 0 Å². The Hall–Kier alpha value is -1.83. The zero-order valence-corrected chi connectivity index (χ0v) is 10.5. The van der Waals surface area contributed by atoms with Gasteiger partial charge in [0.05, 0.1) is 6.61 Å². The van der Waals surface area contributed by atoms with E-state index in [0.717, 1.165) is 24.2 Å². The van der Waals surface area contributed by atoms with Gasteiger partial charge in [-0.25, -0.2) is 4.39 Å². The molecule has 0 aliphatic carbocycles. The van der Waals surface area contributed by atoms with E-state index in [1.54, 1.807) is 12.1 Å². The smallest absolute Gasteiger partial charge is 0.123 e. The molecule has 94 valence electrons. The molecule has 2 aromatic rings. The third kappa shape index (κ3) is 3.59. The first-order chi connectivity index (χ1) is 8.78. The number of halogens is 1. The number of hydrogen-bond acceptors (Lipinski definition) is 1. The molecular formula is C16H17FO. The molecule has 0 atom stereocenters. The summed E-state index contributed by atoms with van der Waals surface area (Å²) in [6.45, 7) is 2.74. The van der Waals surface area contributed by atoms with Crippen molar-refractivity contribution < 1.29 is 9.13 Å². The summed E-state index contributed by atoms with van der Waals surface area (Å²) in [5, 5.41) is 0. The second-order valence-electron chi connectivity index (χ2n) is 4.22. The largest absolute Gasteiger partial charge is 0.493 e. The summed E-state index contributed by atoms with van der Waals surface area (Å²) in [6, 6.07) is 14.7. The van der Waals surface area contributed by atoms with Crippen LogP contribution in [0.25, 0.3) is 0 Å². The number of aryl methyl sites for hydroxylation is 1. The molecule has 1 nitrogen and oxygen atoms in total. The van der Waals surface area contributed by atoms with E-state index in [-0.39, 0.29) is 5.82 Å². The summed E-state index contributed by atoms with van der Waals surface area (Å²) in [7, 11) is 0. The van der Waals surface area contributed by atoms with Crippen molar-refractivity contribution >= 4 is 0 Å². The minimum Gasteiger partial charge on any atom is -0.493 e. The van der Waals surface area contributed by atoms with Crippen molar-refractivity contribution in [2.75, 3.05) is 6.61 Å². The third-order valence-corrected chi connectivity index (χ3v) is 2.90. The first-order valence-corrected chi connectivity index (χ1v) is 6.24. The summed E-state index contributed by atoms with van der Waals surface area (Å²) < 4.78 is 18.4. The molecule has 0 bridgehead atoms. The Morgan fingerprint density at radius 1 is 0.889 bits per heavy atom. The van der Waals surface area contributed by atoms with Gasteiger partial charge in [-0.15, -0.1) is 0 Å². The predicted octanol–water partition coefficient (Wildman–Crippen LogP) is 4.01. The molecule has 0 radical (unpaired) electrons. The van der Waals surface area contributed by atoms with Gasteiger partial charge < -0.3 is 4.74 Å². The van der Waals surface area contributed by atoms with Crippen LogP contribution < -0.4 is 4.74 Å². The van der Waals surface area contributed by atoms with Crippen molar-refractivity contribution in [1.82, 2.24) is 0 Å². The van der Waals surface area contributed by atoms with Crippen LogP contribution >= 0.6 is 0 Å². The van der Waals surface area contributed by atoms with E-state index in [4.69, 9.17) is 4.74 Å². The van der Waals surface area contributed by atoms with Crippen LogP contribution in [0.5, 0.6) is 5.75 Å². The molecular weight excluding hydrogens is 227 g/mol. The highest BCUT2D eigenvalue weighted by atomic mass is 19.1. The van der Waals surface area contributed by atoms with E-state index >= 15 is 0 Å². The Morgan fingerprint density at radius 2 is 1.50 bits per heavy atom. The highest BCUT2D eigenvalue weighted by molar-refractivity contribution is 5.27. The van der Waals surface area contributed by atoms with Crippen molar-refractivity contribution in [3.63, 3.8) is 0 Å². The fourth-order valence-electron chi connectivity index (χ4n) is 1.76. The van der Waals surface area contributed by atoms with Gasteiger partial charge in [0.25, 0.3) is 0 Å². The summed E-state index contributed by atoms with van der Waals surface area (Å²) in [5.41, 5.74) is 2.39. The molecule has 0 fully saturated rings. The van der Waals surface area contributed by atoms with Crippen LogP contribution in [0.3, 0.4) is 0 Å². The summed E-state index contributed by atoms with van der Waals surface area (Å²) in [6.07, 6.45) is 1.83. The van der Waals surface area contributed by atoms with Gasteiger partial charge in [-0.3, -0.25) is 0 Å². The van der Waals surface area contributed by atoms with E-state index in [0.29, 0.717) is 6.61 Å². The molecule has 0 heterocycles. The van der Waals surface area contributed by atoms with Gasteiger partial charge in [-0.1, -0.05) is 31.2 Å². The minimum absolute atomic E-state index is 0.199. The van der Waals surface area contributed by atoms with Crippen molar-refractivity contribution in [1.29, 1.82) is 0 Å². The van der Waals surface area contributed by atoms with E-state index in [1.807, 2.05) is 12.1 Å². The summed E-state index contributed by atoms with van der Waals surface area (Å²) in [5.74, 6) is 0.684. The molecule has 0 spiro atoms. The maximum Gasteiger partial charge on any atom is 0.123 e. The zero-order chi connectivity index (χ0) is 12.8. The molecule has 0 aliphatic heterocycles. The maximum absolute atomic E-state index is 12.7. The van der Waals surface area contributed by atoms with Gasteiger partial charge >= 0.3 is 0 Å². The van der Waals surface area contributed by atoms with Crippen LogP contribution in [-0.4, -0.2) is 6.61 Å². The van der Waals surface area contributed by atoms with Gasteiger partial charge in [-0.05, 0) is 41.8 Å². The molecule has 0 aromatic heterocycles. The molecule has 2 aromatic carbocycles. The second-order valence-corrected chi connectivity index (χ2v) is 4.22. The predicted molar refractivity (Wildman–Crippen MR) is 71.4 cm³/mol. The topological polar surface area (TPSA) is 9.23 Å². The van der Waals surface area contributed by atoms with E-state index in [2.05, 4.69) is 19.1 Å². The lowest BCUT2D eigenvalue weighted by molar-refractivity contribution is 0.322. The van der Waals surface area contributed by atoms with Crippen LogP contribution in [0.1, 0.15) is 18.1 Å². The van der Waals surface area contributed by atoms with E-state index < -0.39 is 0 Å². The molecule has 2 rings (SSSR count). The van der Waals surface area contributed by atoms with Crippen LogP contribution in [0.2, 0.25) is 0 Å². The van der Waals surface area contributed by atoms with Gasteiger partial charge in [0.15, 0.2) is 0 Å². The molecule has 0 amide bonds. The van der Waals surface area contributed by atoms with Gasteiger partial charge in [0, 0.05) is 6.42 Å². The minimum atomic E-state index is -0.199. The summed E-state index contributed by atoms with van der Waals surface area (Å²) in [4.78, 5) is 0. The van der Waals surface area contributed by atoms with Gasteiger partial charge in [0.1, 0.15) is 11.6 Å². The molecule has 2 heteroatoms. The third-order valence-electron chi connectivity index (χ3n) is 2.90. The van der Waals surface area contributed by atoms with Crippen molar-refractivity contribution in [3.05, 3.63) is 65.5 Å². The Morgan fingerprint density at radius 3 is 2.11 bits per heavy atom. The Kier molecular flexibility index (Phi) is 4.35. The lowest BCUT2D eigenvalue weighted by Gasteiger charge is -2.07. The van der Waals surface area contributed by atoms with Crippen LogP contribution in [0.4, 0.5) is 4.39 Å². The first-order valence-electron chi connectivity index (χ1n) is 6.24. The summed E-state index contributed by atoms with van der Waals surface area (Å²) >= 11 is 0. The van der Waals surface area contributed by atoms with Gasteiger partial charge in [-0.2, -0.15) is 0 Å². The Labute approximate surface area is 107 Å². The number of rotatable bonds is 5. The number of hydrogen-bond donors (Lipinski definition) is 0. The monoisotopic (exact) mass is 244 g/mol. The fourth-order valence-corrected chi connectivity index (χ4v) is 1.76. The second kappa shape index (κ2) is 6.20. The zero-order valence-electron chi connectivity index (χ0n) is 10.5. The highest BCUT2D eigenvalue weighted by Crippen LogP contribution is 2.13. The molecule has 0 unspecified atom stereocenters. The molecule has 0 aliphatic rings. The average Bonchev–Trinajstić information content (AvgIpc) is 2.42. The van der Waals surface area contributed by atoms with Crippen LogP contribution in [0, 0.1) is 5.82 Å². The normalized spacial score (nSPS) is 10.3. The van der Waals surface area contributed by atoms with Crippen molar-refractivity contribution in [3.8, 4) is 5.75 Å². The number of benzene rings is 2. The van der Waals surface area contributed by atoms with E-state index in [1.165, 1.54) is 17.7 Å². The van der Waals surface area contributed by atoms with E-state index in [9.17, 15) is 4.39 Å². The fraction of sp³-hybridized carbons (Fsp3) is 0.250. The average molecular weight is 244 g/mol. The quantitative estimate of drug-likeness (QED) is 0.772. The highest BCUT2D eigenvalue weighted by Gasteiger charge is 1.97. The van der Waals surface area contributed by atoms with Crippen molar-refractivity contribution in [2.24, 2.45) is 0 Å². The molecule has 0 N–H and O–H groups in total. The number of ether oxygens (including phenoxy) is 1. The van der Waals surface area contributed by atoms with Crippen LogP contribution in [-0.2, 0) is 12.8 Å². The Balaban J connectivity index is 1.82. The lowest BCUT2D eigenvalue weighted by Crippen LogP contribution is -2.01.